The molecular weight excluding hydrogens is 474 g/mol. The highest BCUT2D eigenvalue weighted by Gasteiger charge is 2.46. The molecule has 2 aromatic rings. The van der Waals surface area contributed by atoms with Gasteiger partial charge < -0.3 is 40.7 Å². The zero-order valence-electron chi connectivity index (χ0n) is 19.1. The van der Waals surface area contributed by atoms with Crippen molar-refractivity contribution in [1.82, 2.24) is 0 Å². The fraction of sp³-hybridized carbons (Fsp3) is 0.400. The number of rotatable bonds is 4. The van der Waals surface area contributed by atoms with E-state index in [0.717, 1.165) is 0 Å². The summed E-state index contributed by atoms with van der Waals surface area (Å²) in [5.41, 5.74) is 3.25. The fourth-order valence-corrected chi connectivity index (χ4v) is 5.15. The van der Waals surface area contributed by atoms with E-state index in [1.54, 1.807) is 0 Å². The molecule has 0 radical (unpaired) electrons. The number of phenols is 2. The van der Waals surface area contributed by atoms with Crippen LogP contribution < -0.4 is 10.5 Å². The molecule has 2 aliphatic carbocycles. The first-order valence-electron chi connectivity index (χ1n) is 11.5. The molecule has 2 aromatic carbocycles. The maximum absolute atomic E-state index is 13.6. The van der Waals surface area contributed by atoms with Crippen molar-refractivity contribution in [3.8, 4) is 17.2 Å². The van der Waals surface area contributed by atoms with Crippen molar-refractivity contribution >= 4 is 17.3 Å². The zero-order valence-corrected chi connectivity index (χ0v) is 19.1. The van der Waals surface area contributed by atoms with Crippen molar-refractivity contribution < 1.29 is 49.4 Å². The standard InChI is InChI=1S/C25H25NO10/c26-13-6-17(35-9-15(13)29)36-24-10-4-5-25(34,16(30)8-27)7-12(10)22(32)19-20(24)23(33)18-11(21(19)31)2-1-3-14(18)28/h1-3,13,15,17,27-29,32,34H,4-9,26H2. The van der Waals surface area contributed by atoms with E-state index in [4.69, 9.17) is 15.2 Å². The van der Waals surface area contributed by atoms with E-state index in [1.165, 1.54) is 18.2 Å². The van der Waals surface area contributed by atoms with Gasteiger partial charge in [-0.2, -0.15) is 0 Å². The minimum Gasteiger partial charge on any atom is -0.507 e. The molecule has 0 aromatic heterocycles. The number of hydrogen-bond donors (Lipinski definition) is 6. The molecule has 11 nitrogen and oxygen atoms in total. The van der Waals surface area contributed by atoms with Crippen LogP contribution in [0.4, 0.5) is 0 Å². The Bertz CT molecular complexity index is 1300. The number of phenolic OH excluding ortho intramolecular Hbond substituents is 2. The van der Waals surface area contributed by atoms with E-state index in [-0.39, 0.29) is 65.0 Å². The molecule has 0 amide bonds. The topological polar surface area (TPSA) is 197 Å². The molecule has 0 bridgehead atoms. The second-order valence-corrected chi connectivity index (χ2v) is 9.38. The summed E-state index contributed by atoms with van der Waals surface area (Å²) in [7, 11) is 0. The summed E-state index contributed by atoms with van der Waals surface area (Å²) in [4.78, 5) is 39.4. The van der Waals surface area contributed by atoms with Gasteiger partial charge in [0.25, 0.3) is 0 Å². The molecule has 4 unspecified atom stereocenters. The number of carbonyl (C=O) groups excluding carboxylic acids is 3. The lowest BCUT2D eigenvalue weighted by atomic mass is 9.73. The van der Waals surface area contributed by atoms with Gasteiger partial charge in [-0.25, -0.2) is 0 Å². The Morgan fingerprint density at radius 3 is 2.58 bits per heavy atom. The Balaban J connectivity index is 1.72. The highest BCUT2D eigenvalue weighted by atomic mass is 16.7. The fourth-order valence-electron chi connectivity index (χ4n) is 5.15. The maximum atomic E-state index is 13.6. The molecule has 1 heterocycles. The summed E-state index contributed by atoms with van der Waals surface area (Å²) >= 11 is 0. The molecule has 0 saturated carbocycles. The lowest BCUT2D eigenvalue weighted by molar-refractivity contribution is -0.149. The molecule has 190 valence electrons. The lowest BCUT2D eigenvalue weighted by Crippen LogP contribution is -2.48. The summed E-state index contributed by atoms with van der Waals surface area (Å²) in [5, 5.41) is 51.7. The number of hydrogen-bond acceptors (Lipinski definition) is 11. The van der Waals surface area contributed by atoms with E-state index >= 15 is 0 Å². The average Bonchev–Trinajstić information content (AvgIpc) is 2.85. The molecule has 5 rings (SSSR count). The summed E-state index contributed by atoms with van der Waals surface area (Å²) in [6.45, 7) is -1.04. The summed E-state index contributed by atoms with van der Waals surface area (Å²) in [6.07, 6.45) is -2.46. The van der Waals surface area contributed by atoms with E-state index in [1.807, 2.05) is 0 Å². The van der Waals surface area contributed by atoms with Crippen molar-refractivity contribution in [2.24, 2.45) is 5.73 Å². The number of ketones is 3. The van der Waals surface area contributed by atoms with Gasteiger partial charge in [0.1, 0.15) is 29.5 Å². The minimum atomic E-state index is -1.99. The monoisotopic (exact) mass is 499 g/mol. The smallest absolute Gasteiger partial charge is 0.202 e. The Morgan fingerprint density at radius 2 is 1.89 bits per heavy atom. The van der Waals surface area contributed by atoms with Gasteiger partial charge in [-0.1, -0.05) is 12.1 Å². The van der Waals surface area contributed by atoms with E-state index in [2.05, 4.69) is 0 Å². The van der Waals surface area contributed by atoms with Crippen LogP contribution in [-0.2, 0) is 22.4 Å². The van der Waals surface area contributed by atoms with Crippen LogP contribution in [0, 0.1) is 0 Å². The Hall–Kier alpha value is -3.35. The van der Waals surface area contributed by atoms with Gasteiger partial charge in [-0.15, -0.1) is 0 Å². The molecule has 1 saturated heterocycles. The number of fused-ring (bicyclic) bond motifs is 3. The lowest BCUT2D eigenvalue weighted by Gasteiger charge is -2.37. The van der Waals surface area contributed by atoms with Crippen LogP contribution in [-0.4, -0.2) is 80.1 Å². The molecule has 36 heavy (non-hydrogen) atoms. The Kier molecular flexibility index (Phi) is 5.85. The molecule has 3 aliphatic rings. The number of aromatic hydroxyl groups is 2. The number of Topliss-reactive ketones (excluding diaryl/α,β-unsaturated/α-hetero) is 1. The third-order valence-electron chi connectivity index (χ3n) is 7.19. The number of nitrogens with two attached hydrogens (primary N) is 1. The van der Waals surface area contributed by atoms with Crippen molar-refractivity contribution in [2.75, 3.05) is 13.2 Å². The van der Waals surface area contributed by atoms with Crippen LogP contribution >= 0.6 is 0 Å². The summed E-state index contributed by atoms with van der Waals surface area (Å²) < 4.78 is 11.6. The molecule has 7 N–H and O–H groups in total. The number of benzene rings is 2. The second kappa shape index (κ2) is 8.64. The first-order valence-corrected chi connectivity index (χ1v) is 11.5. The van der Waals surface area contributed by atoms with E-state index in [0.29, 0.717) is 0 Å². The Morgan fingerprint density at radius 1 is 1.14 bits per heavy atom. The SMILES string of the molecule is NC1CC(Oc2c3c(c(O)c4c2C(=O)c2c(O)cccc2C4=O)CC(O)(C(=O)CO)CC3)OCC1O. The van der Waals surface area contributed by atoms with Gasteiger partial charge in [0.05, 0.1) is 29.4 Å². The van der Waals surface area contributed by atoms with Gasteiger partial charge in [0.2, 0.25) is 12.1 Å². The molecule has 1 aliphatic heterocycles. The highest BCUT2D eigenvalue weighted by molar-refractivity contribution is 6.31. The van der Waals surface area contributed by atoms with Crippen LogP contribution in [0.3, 0.4) is 0 Å². The van der Waals surface area contributed by atoms with Crippen molar-refractivity contribution in [3.63, 3.8) is 0 Å². The van der Waals surface area contributed by atoms with Gasteiger partial charge in [0.15, 0.2) is 11.6 Å². The van der Waals surface area contributed by atoms with Crippen LogP contribution in [0.5, 0.6) is 17.2 Å². The highest BCUT2D eigenvalue weighted by Crippen LogP contribution is 2.49. The minimum absolute atomic E-state index is 0.0317. The van der Waals surface area contributed by atoms with E-state index < -0.39 is 65.9 Å². The third-order valence-corrected chi connectivity index (χ3v) is 7.19. The van der Waals surface area contributed by atoms with Gasteiger partial charge >= 0.3 is 0 Å². The Labute approximate surface area is 204 Å². The molecule has 11 heteroatoms. The largest absolute Gasteiger partial charge is 0.507 e. The molecule has 4 atom stereocenters. The van der Waals surface area contributed by atoms with Gasteiger partial charge in [0, 0.05) is 35.6 Å². The van der Waals surface area contributed by atoms with Gasteiger partial charge in [-0.05, 0) is 18.9 Å². The van der Waals surface area contributed by atoms with Crippen LogP contribution in [0.15, 0.2) is 18.2 Å². The normalized spacial score (nSPS) is 27.2. The maximum Gasteiger partial charge on any atom is 0.202 e. The molecule has 1 fully saturated rings. The van der Waals surface area contributed by atoms with Crippen molar-refractivity contribution in [3.05, 3.63) is 51.6 Å². The third kappa shape index (κ3) is 3.59. The number of carbonyl (C=O) groups is 3. The van der Waals surface area contributed by atoms with E-state index in [9.17, 15) is 39.9 Å². The average molecular weight is 499 g/mol. The molecule has 0 spiro atoms. The van der Waals surface area contributed by atoms with Crippen molar-refractivity contribution in [2.45, 2.75) is 49.7 Å². The first kappa shape index (κ1) is 24.3. The quantitative estimate of drug-likeness (QED) is 0.270. The number of aliphatic hydroxyl groups excluding tert-OH is 2. The van der Waals surface area contributed by atoms with Crippen LogP contribution in [0.1, 0.15) is 55.8 Å². The molecular formula is C25H25NO10. The predicted octanol–water partition coefficient (Wildman–Crippen LogP) is -0.532. The summed E-state index contributed by atoms with van der Waals surface area (Å²) in [6, 6.07) is 3.31. The van der Waals surface area contributed by atoms with Crippen LogP contribution in [0.25, 0.3) is 0 Å². The zero-order chi connectivity index (χ0) is 25.9. The van der Waals surface area contributed by atoms with Crippen molar-refractivity contribution in [1.29, 1.82) is 0 Å². The predicted molar refractivity (Wildman–Crippen MR) is 121 cm³/mol. The van der Waals surface area contributed by atoms with Gasteiger partial charge in [-0.3, -0.25) is 14.4 Å². The first-order chi connectivity index (χ1) is 17.1. The number of ether oxygens (including phenoxy) is 2. The summed E-state index contributed by atoms with van der Waals surface area (Å²) in [5.74, 6) is -3.43. The number of aliphatic hydroxyl groups is 3. The van der Waals surface area contributed by atoms with Crippen LogP contribution in [0.2, 0.25) is 0 Å². The second-order valence-electron chi connectivity index (χ2n) is 9.38.